The third-order valence-corrected chi connectivity index (χ3v) is 3.14. The average Bonchev–Trinajstić information content (AvgIpc) is 2.33. The van der Waals surface area contributed by atoms with E-state index in [1.165, 1.54) is 11.6 Å². The van der Waals surface area contributed by atoms with E-state index in [9.17, 15) is 4.39 Å². The minimum Gasteiger partial charge on any atom is -0.381 e. The molecule has 3 heteroatoms. The molecular weight excluding hydrogens is 281 g/mol. The molecule has 2 aromatic rings. The fourth-order valence-corrected chi connectivity index (χ4v) is 1.95. The van der Waals surface area contributed by atoms with Crippen LogP contribution < -0.4 is 5.32 Å². The monoisotopic (exact) mass is 293 g/mol. The van der Waals surface area contributed by atoms with Crippen molar-refractivity contribution in [3.8, 4) is 0 Å². The molecule has 0 atom stereocenters. The van der Waals surface area contributed by atoms with Crippen molar-refractivity contribution in [2.45, 2.75) is 13.5 Å². The Balaban J connectivity index is 2.02. The first kappa shape index (κ1) is 12.1. The zero-order chi connectivity index (χ0) is 12.3. The first-order valence-corrected chi connectivity index (χ1v) is 6.19. The summed E-state index contributed by atoms with van der Waals surface area (Å²) in [5.74, 6) is -0.232. The lowest BCUT2D eigenvalue weighted by molar-refractivity contribution is 0.620. The molecule has 0 amide bonds. The lowest BCUT2D eigenvalue weighted by atomic mass is 10.2. The summed E-state index contributed by atoms with van der Waals surface area (Å²) in [5, 5.41) is 3.29. The smallest absolute Gasteiger partial charge is 0.137 e. The van der Waals surface area contributed by atoms with E-state index in [-0.39, 0.29) is 5.82 Å². The van der Waals surface area contributed by atoms with E-state index in [0.717, 1.165) is 11.3 Å². The fraction of sp³-hybridized carbons (Fsp3) is 0.143. The molecule has 0 aliphatic heterocycles. The molecule has 0 fully saturated rings. The Kier molecular flexibility index (Phi) is 3.79. The summed E-state index contributed by atoms with van der Waals surface area (Å²) < 4.78 is 13.5. The number of halogens is 2. The van der Waals surface area contributed by atoms with Gasteiger partial charge in [-0.15, -0.1) is 0 Å². The summed E-state index contributed by atoms with van der Waals surface area (Å²) in [5.41, 5.74) is 3.34. The number of hydrogen-bond acceptors (Lipinski definition) is 1. The maximum atomic E-state index is 13.0. The van der Waals surface area contributed by atoms with Crippen molar-refractivity contribution in [2.75, 3.05) is 5.32 Å². The molecular formula is C14H13BrFN. The Morgan fingerprint density at radius 3 is 2.47 bits per heavy atom. The van der Waals surface area contributed by atoms with Crippen molar-refractivity contribution in [2.24, 2.45) is 0 Å². The van der Waals surface area contributed by atoms with Gasteiger partial charge in [0.1, 0.15) is 5.82 Å². The number of hydrogen-bond donors (Lipinski definition) is 1. The van der Waals surface area contributed by atoms with Crippen molar-refractivity contribution >= 4 is 21.6 Å². The quantitative estimate of drug-likeness (QED) is 0.878. The zero-order valence-corrected chi connectivity index (χ0v) is 11.1. The van der Waals surface area contributed by atoms with Crippen LogP contribution >= 0.6 is 15.9 Å². The van der Waals surface area contributed by atoms with Gasteiger partial charge in [-0.25, -0.2) is 4.39 Å². The van der Waals surface area contributed by atoms with Crippen LogP contribution in [-0.2, 0) is 6.54 Å². The van der Waals surface area contributed by atoms with Crippen LogP contribution in [-0.4, -0.2) is 0 Å². The number of rotatable bonds is 3. The van der Waals surface area contributed by atoms with Gasteiger partial charge in [-0.1, -0.05) is 23.8 Å². The summed E-state index contributed by atoms with van der Waals surface area (Å²) in [4.78, 5) is 0. The summed E-state index contributed by atoms with van der Waals surface area (Å²) in [6.07, 6.45) is 0. The van der Waals surface area contributed by atoms with Crippen LogP contribution in [0.4, 0.5) is 10.1 Å². The molecule has 0 spiro atoms. The molecule has 0 aliphatic rings. The Bertz CT molecular complexity index is 508. The molecule has 17 heavy (non-hydrogen) atoms. The van der Waals surface area contributed by atoms with Crippen molar-refractivity contribution in [1.82, 2.24) is 0 Å². The molecule has 2 rings (SSSR count). The van der Waals surface area contributed by atoms with Gasteiger partial charge in [0, 0.05) is 12.2 Å². The molecule has 2 aromatic carbocycles. The maximum absolute atomic E-state index is 13.0. The van der Waals surface area contributed by atoms with Crippen LogP contribution in [0.25, 0.3) is 0 Å². The van der Waals surface area contributed by atoms with Gasteiger partial charge in [0.25, 0.3) is 0 Å². The Morgan fingerprint density at radius 2 is 1.82 bits per heavy atom. The number of nitrogens with one attached hydrogen (secondary N) is 1. The van der Waals surface area contributed by atoms with E-state index in [0.29, 0.717) is 11.0 Å². The average molecular weight is 294 g/mol. The summed E-state index contributed by atoms with van der Waals surface area (Å²) in [7, 11) is 0. The summed E-state index contributed by atoms with van der Waals surface area (Å²) >= 11 is 3.18. The van der Waals surface area contributed by atoms with E-state index in [2.05, 4.69) is 40.3 Å². The normalized spacial score (nSPS) is 10.3. The van der Waals surface area contributed by atoms with Gasteiger partial charge in [0.15, 0.2) is 0 Å². The molecule has 0 saturated heterocycles. The zero-order valence-electron chi connectivity index (χ0n) is 9.50. The lowest BCUT2D eigenvalue weighted by Crippen LogP contribution is -1.99. The Morgan fingerprint density at radius 1 is 1.12 bits per heavy atom. The second kappa shape index (κ2) is 5.32. The molecule has 1 N–H and O–H groups in total. The van der Waals surface area contributed by atoms with Crippen LogP contribution in [0.5, 0.6) is 0 Å². The minimum absolute atomic E-state index is 0.232. The predicted molar refractivity (Wildman–Crippen MR) is 72.6 cm³/mol. The SMILES string of the molecule is Cc1ccc(NCc2ccc(F)c(Br)c2)cc1. The number of anilines is 1. The molecule has 0 heterocycles. The highest BCUT2D eigenvalue weighted by Crippen LogP contribution is 2.18. The van der Waals surface area contributed by atoms with Crippen LogP contribution in [0, 0.1) is 12.7 Å². The fourth-order valence-electron chi connectivity index (χ4n) is 1.53. The molecule has 0 bridgehead atoms. The number of benzene rings is 2. The van der Waals surface area contributed by atoms with Crippen LogP contribution in [0.1, 0.15) is 11.1 Å². The molecule has 0 unspecified atom stereocenters. The molecule has 88 valence electrons. The highest BCUT2D eigenvalue weighted by atomic mass is 79.9. The van der Waals surface area contributed by atoms with Gasteiger partial charge < -0.3 is 5.32 Å². The molecule has 1 nitrogen and oxygen atoms in total. The highest BCUT2D eigenvalue weighted by Gasteiger charge is 2.00. The van der Waals surface area contributed by atoms with E-state index >= 15 is 0 Å². The van der Waals surface area contributed by atoms with E-state index < -0.39 is 0 Å². The van der Waals surface area contributed by atoms with Gasteiger partial charge >= 0.3 is 0 Å². The van der Waals surface area contributed by atoms with Crippen molar-refractivity contribution in [3.63, 3.8) is 0 Å². The van der Waals surface area contributed by atoms with Crippen molar-refractivity contribution in [1.29, 1.82) is 0 Å². The van der Waals surface area contributed by atoms with Gasteiger partial charge in [-0.3, -0.25) is 0 Å². The summed E-state index contributed by atoms with van der Waals surface area (Å²) in [6.45, 7) is 2.74. The van der Waals surface area contributed by atoms with E-state index in [4.69, 9.17) is 0 Å². The number of aryl methyl sites for hydroxylation is 1. The van der Waals surface area contributed by atoms with Gasteiger partial charge in [-0.05, 0) is 52.7 Å². The van der Waals surface area contributed by atoms with Crippen LogP contribution in [0.15, 0.2) is 46.9 Å². The van der Waals surface area contributed by atoms with Gasteiger partial charge in [-0.2, -0.15) is 0 Å². The van der Waals surface area contributed by atoms with E-state index in [1.54, 1.807) is 12.1 Å². The van der Waals surface area contributed by atoms with Crippen LogP contribution in [0.2, 0.25) is 0 Å². The van der Waals surface area contributed by atoms with Crippen LogP contribution in [0.3, 0.4) is 0 Å². The molecule has 0 aromatic heterocycles. The first-order valence-electron chi connectivity index (χ1n) is 5.39. The van der Waals surface area contributed by atoms with E-state index in [1.807, 2.05) is 12.1 Å². The van der Waals surface area contributed by atoms with Crippen molar-refractivity contribution < 1.29 is 4.39 Å². The third-order valence-electron chi connectivity index (χ3n) is 2.53. The largest absolute Gasteiger partial charge is 0.381 e. The highest BCUT2D eigenvalue weighted by molar-refractivity contribution is 9.10. The molecule has 0 saturated carbocycles. The standard InChI is InChI=1S/C14H13BrFN/c1-10-2-5-12(6-3-10)17-9-11-4-7-14(16)13(15)8-11/h2-8,17H,9H2,1H3. The maximum Gasteiger partial charge on any atom is 0.137 e. The summed E-state index contributed by atoms with van der Waals surface area (Å²) in [6, 6.07) is 13.2. The topological polar surface area (TPSA) is 12.0 Å². The van der Waals surface area contributed by atoms with Crippen molar-refractivity contribution in [3.05, 3.63) is 63.9 Å². The molecule has 0 radical (unpaired) electrons. The second-order valence-electron chi connectivity index (χ2n) is 3.97. The third kappa shape index (κ3) is 3.30. The van der Waals surface area contributed by atoms with Gasteiger partial charge in [0.05, 0.1) is 4.47 Å². The predicted octanol–water partition coefficient (Wildman–Crippen LogP) is 4.51. The Labute approximate surface area is 109 Å². The first-order chi connectivity index (χ1) is 8.15. The lowest BCUT2D eigenvalue weighted by Gasteiger charge is -2.07. The van der Waals surface area contributed by atoms with Gasteiger partial charge in [0.2, 0.25) is 0 Å². The Hall–Kier alpha value is -1.35. The molecule has 0 aliphatic carbocycles. The second-order valence-corrected chi connectivity index (χ2v) is 4.82. The minimum atomic E-state index is -0.232.